The first kappa shape index (κ1) is 23.7. The third-order valence-corrected chi connectivity index (χ3v) is 3.46. The van der Waals surface area contributed by atoms with Crippen LogP contribution in [0.25, 0.3) is 0 Å². The molecule has 2 rings (SSSR count). The van der Waals surface area contributed by atoms with Crippen LogP contribution in [-0.4, -0.2) is 33.3 Å². The Morgan fingerprint density at radius 1 is 1.07 bits per heavy atom. The maximum Gasteiger partial charge on any atom is 0.416 e. The standard InChI is InChI=1S/C18H20F3N3O3.HI/c1-25-15-7-6-13(11-16(15)26-2)24-17(22)23-8-9-27-14-5-3-4-12(10-14)18(19,20)21;/h3-7,10-11H,8-9H2,1-2H3,(H3,22,23,24);1H. The van der Waals surface area contributed by atoms with Crippen LogP contribution in [0.5, 0.6) is 17.2 Å². The minimum absolute atomic E-state index is 0. The van der Waals surface area contributed by atoms with Crippen LogP contribution in [-0.2, 0) is 6.18 Å². The summed E-state index contributed by atoms with van der Waals surface area (Å²) in [7, 11) is 3.05. The summed E-state index contributed by atoms with van der Waals surface area (Å²) in [4.78, 5) is 4.07. The number of alkyl halides is 3. The summed E-state index contributed by atoms with van der Waals surface area (Å²) in [6.07, 6.45) is -4.41. The second kappa shape index (κ2) is 10.8. The predicted molar refractivity (Wildman–Crippen MR) is 112 cm³/mol. The average Bonchev–Trinajstić information content (AvgIpc) is 2.64. The third-order valence-electron chi connectivity index (χ3n) is 3.46. The number of methoxy groups -OCH3 is 2. The normalized spacial score (nSPS) is 11.4. The van der Waals surface area contributed by atoms with Gasteiger partial charge in [0.05, 0.1) is 26.3 Å². The number of anilines is 1. The largest absolute Gasteiger partial charge is 0.493 e. The molecule has 0 unspecified atom stereocenters. The van der Waals surface area contributed by atoms with Gasteiger partial charge in [-0.25, -0.2) is 4.99 Å². The van der Waals surface area contributed by atoms with Gasteiger partial charge in [-0.1, -0.05) is 6.07 Å². The van der Waals surface area contributed by atoms with E-state index in [1.165, 1.54) is 26.4 Å². The number of nitrogens with zero attached hydrogens (tertiary/aromatic N) is 1. The number of nitrogens with one attached hydrogen (secondary N) is 1. The first-order valence-corrected chi connectivity index (χ1v) is 7.92. The van der Waals surface area contributed by atoms with E-state index < -0.39 is 11.7 Å². The van der Waals surface area contributed by atoms with Gasteiger partial charge in [0.1, 0.15) is 12.4 Å². The van der Waals surface area contributed by atoms with E-state index >= 15 is 0 Å². The SMILES string of the molecule is COc1ccc(NC(N)=NCCOc2cccc(C(F)(F)F)c2)cc1OC.I. The summed E-state index contributed by atoms with van der Waals surface area (Å²) in [5.41, 5.74) is 5.67. The minimum atomic E-state index is -4.41. The zero-order chi connectivity index (χ0) is 19.9. The fourth-order valence-electron chi connectivity index (χ4n) is 2.19. The smallest absolute Gasteiger partial charge is 0.416 e. The maximum atomic E-state index is 12.7. The molecule has 0 fully saturated rings. The van der Waals surface area contributed by atoms with Gasteiger partial charge >= 0.3 is 6.18 Å². The number of guanidine groups is 1. The predicted octanol–water partition coefficient (Wildman–Crippen LogP) is 4.15. The number of ether oxygens (including phenoxy) is 3. The van der Waals surface area contributed by atoms with Crippen LogP contribution in [0.4, 0.5) is 18.9 Å². The molecule has 0 saturated carbocycles. The van der Waals surface area contributed by atoms with E-state index in [-0.39, 0.29) is 48.8 Å². The van der Waals surface area contributed by atoms with Gasteiger partial charge in [-0.05, 0) is 30.3 Å². The number of halogens is 4. The van der Waals surface area contributed by atoms with E-state index in [0.717, 1.165) is 12.1 Å². The zero-order valence-corrected chi connectivity index (χ0v) is 17.6. The Labute approximate surface area is 177 Å². The highest BCUT2D eigenvalue weighted by atomic mass is 127. The Kier molecular flexibility index (Phi) is 9.16. The van der Waals surface area contributed by atoms with E-state index in [9.17, 15) is 13.2 Å². The van der Waals surface area contributed by atoms with Crippen molar-refractivity contribution in [3.05, 3.63) is 48.0 Å². The molecule has 6 nitrogen and oxygen atoms in total. The summed E-state index contributed by atoms with van der Waals surface area (Å²) >= 11 is 0. The van der Waals surface area contributed by atoms with Crippen molar-refractivity contribution in [1.29, 1.82) is 0 Å². The Bertz CT molecular complexity index is 801. The number of benzene rings is 2. The van der Waals surface area contributed by atoms with Gasteiger partial charge in [-0.15, -0.1) is 24.0 Å². The van der Waals surface area contributed by atoms with Crippen molar-refractivity contribution in [3.63, 3.8) is 0 Å². The van der Waals surface area contributed by atoms with Gasteiger partial charge in [0.15, 0.2) is 17.5 Å². The van der Waals surface area contributed by atoms with Crippen molar-refractivity contribution in [2.45, 2.75) is 6.18 Å². The molecule has 0 atom stereocenters. The first-order valence-electron chi connectivity index (χ1n) is 7.92. The lowest BCUT2D eigenvalue weighted by atomic mass is 10.2. The van der Waals surface area contributed by atoms with Crippen molar-refractivity contribution in [2.75, 3.05) is 32.7 Å². The minimum Gasteiger partial charge on any atom is -0.493 e. The molecule has 3 N–H and O–H groups in total. The first-order chi connectivity index (χ1) is 12.8. The van der Waals surface area contributed by atoms with Gasteiger partial charge in [-0.3, -0.25) is 0 Å². The summed E-state index contributed by atoms with van der Waals surface area (Å²) < 4.78 is 53.6. The Hall–Kier alpha value is -2.37. The van der Waals surface area contributed by atoms with Crippen molar-refractivity contribution < 1.29 is 27.4 Å². The molecule has 0 spiro atoms. The monoisotopic (exact) mass is 511 g/mol. The van der Waals surface area contributed by atoms with E-state index in [0.29, 0.717) is 17.2 Å². The molecule has 0 aliphatic carbocycles. The number of nitrogens with two attached hydrogens (primary N) is 1. The highest BCUT2D eigenvalue weighted by Crippen LogP contribution is 2.31. The molecular formula is C18H21F3IN3O3. The quantitative estimate of drug-likeness (QED) is 0.253. The fraction of sp³-hybridized carbons (Fsp3) is 0.278. The third kappa shape index (κ3) is 6.98. The molecule has 2 aromatic carbocycles. The summed E-state index contributed by atoms with van der Waals surface area (Å²) in [5, 5.41) is 2.88. The van der Waals surface area contributed by atoms with E-state index in [1.807, 2.05) is 0 Å². The molecule has 0 heterocycles. The van der Waals surface area contributed by atoms with Gasteiger partial charge in [0.25, 0.3) is 0 Å². The van der Waals surface area contributed by atoms with Crippen LogP contribution in [0.15, 0.2) is 47.5 Å². The number of rotatable bonds is 7. The molecular weight excluding hydrogens is 490 g/mol. The van der Waals surface area contributed by atoms with Crippen LogP contribution in [0.1, 0.15) is 5.56 Å². The molecule has 10 heteroatoms. The molecule has 0 saturated heterocycles. The van der Waals surface area contributed by atoms with Crippen molar-refractivity contribution in [2.24, 2.45) is 10.7 Å². The Morgan fingerprint density at radius 2 is 1.79 bits per heavy atom. The molecule has 0 aliphatic rings. The molecule has 0 aliphatic heterocycles. The topological polar surface area (TPSA) is 78.1 Å². The molecule has 0 radical (unpaired) electrons. The molecule has 0 bridgehead atoms. The van der Waals surface area contributed by atoms with E-state index in [4.69, 9.17) is 19.9 Å². The zero-order valence-electron chi connectivity index (χ0n) is 15.2. The van der Waals surface area contributed by atoms with Crippen molar-refractivity contribution >= 4 is 35.6 Å². The van der Waals surface area contributed by atoms with Gasteiger partial charge in [-0.2, -0.15) is 13.2 Å². The van der Waals surface area contributed by atoms with Gasteiger partial charge in [0.2, 0.25) is 0 Å². The molecule has 154 valence electrons. The second-order valence-corrected chi connectivity index (χ2v) is 5.34. The number of aliphatic imine (C=N–C) groups is 1. The Morgan fingerprint density at radius 3 is 2.43 bits per heavy atom. The van der Waals surface area contributed by atoms with Crippen molar-refractivity contribution in [1.82, 2.24) is 0 Å². The lowest BCUT2D eigenvalue weighted by Gasteiger charge is -2.11. The summed E-state index contributed by atoms with van der Waals surface area (Å²) in [6.45, 7) is 0.248. The highest BCUT2D eigenvalue weighted by Gasteiger charge is 2.30. The molecule has 0 amide bonds. The second-order valence-electron chi connectivity index (χ2n) is 5.34. The van der Waals surface area contributed by atoms with E-state index in [2.05, 4.69) is 10.3 Å². The lowest BCUT2D eigenvalue weighted by molar-refractivity contribution is -0.137. The van der Waals surface area contributed by atoms with Crippen molar-refractivity contribution in [3.8, 4) is 17.2 Å². The van der Waals surface area contributed by atoms with E-state index in [1.54, 1.807) is 18.2 Å². The lowest BCUT2D eigenvalue weighted by Crippen LogP contribution is -2.23. The number of hydrogen-bond acceptors (Lipinski definition) is 4. The van der Waals surface area contributed by atoms with Gasteiger partial charge < -0.3 is 25.3 Å². The average molecular weight is 511 g/mol. The van der Waals surface area contributed by atoms with Crippen LogP contribution < -0.4 is 25.3 Å². The van der Waals surface area contributed by atoms with Crippen LogP contribution in [0.3, 0.4) is 0 Å². The van der Waals surface area contributed by atoms with Crippen LogP contribution in [0, 0.1) is 0 Å². The van der Waals surface area contributed by atoms with Crippen LogP contribution in [0.2, 0.25) is 0 Å². The summed E-state index contributed by atoms with van der Waals surface area (Å²) in [6, 6.07) is 9.80. The molecule has 0 aromatic heterocycles. The highest BCUT2D eigenvalue weighted by molar-refractivity contribution is 14.0. The Balaban J connectivity index is 0.00000392. The fourth-order valence-corrected chi connectivity index (χ4v) is 2.19. The van der Waals surface area contributed by atoms with Crippen LogP contribution >= 0.6 is 24.0 Å². The number of hydrogen-bond donors (Lipinski definition) is 2. The summed E-state index contributed by atoms with van der Waals surface area (Å²) in [5.74, 6) is 1.36. The molecule has 28 heavy (non-hydrogen) atoms. The van der Waals surface area contributed by atoms with Gasteiger partial charge in [0, 0.05) is 11.8 Å². The maximum absolute atomic E-state index is 12.7. The molecule has 2 aromatic rings.